The van der Waals surface area contributed by atoms with E-state index in [0.29, 0.717) is 35.9 Å². The van der Waals surface area contributed by atoms with Crippen LogP contribution in [0.2, 0.25) is 0 Å². The van der Waals surface area contributed by atoms with Gasteiger partial charge in [0, 0.05) is 13.0 Å². The first kappa shape index (κ1) is 14.9. The molecule has 0 aliphatic carbocycles. The van der Waals surface area contributed by atoms with Crippen LogP contribution in [0.1, 0.15) is 17.5 Å². The zero-order chi connectivity index (χ0) is 15.7. The second kappa shape index (κ2) is 5.65. The number of hydrogen-bond acceptors (Lipinski definition) is 3. The molecule has 0 saturated heterocycles. The maximum atomic E-state index is 13.0. The smallest absolute Gasteiger partial charge is 0.264 e. The lowest BCUT2D eigenvalue weighted by atomic mass is 10.2. The Kier molecular flexibility index (Phi) is 3.83. The summed E-state index contributed by atoms with van der Waals surface area (Å²) in [6.07, 6.45) is 0.666. The molecular formula is C17H19NO3S. The Labute approximate surface area is 131 Å². The van der Waals surface area contributed by atoms with E-state index in [1.807, 2.05) is 44.2 Å². The molecule has 0 atom stereocenters. The lowest BCUT2D eigenvalue weighted by molar-refractivity contribution is 0.322. The maximum Gasteiger partial charge on any atom is 0.264 e. The molecule has 0 aromatic heterocycles. The van der Waals surface area contributed by atoms with Crippen molar-refractivity contribution in [1.29, 1.82) is 0 Å². The van der Waals surface area contributed by atoms with Gasteiger partial charge in [0.05, 0.1) is 17.2 Å². The Hall–Kier alpha value is -2.01. The normalized spacial score (nSPS) is 14.9. The van der Waals surface area contributed by atoms with Gasteiger partial charge in [-0.15, -0.1) is 0 Å². The molecular weight excluding hydrogens is 298 g/mol. The van der Waals surface area contributed by atoms with Gasteiger partial charge in [-0.1, -0.05) is 29.8 Å². The number of aryl methyl sites for hydroxylation is 2. The third-order valence-electron chi connectivity index (χ3n) is 3.82. The zero-order valence-electron chi connectivity index (χ0n) is 12.7. The first-order chi connectivity index (χ1) is 10.5. The summed E-state index contributed by atoms with van der Waals surface area (Å²) in [4.78, 5) is 0.314. The summed E-state index contributed by atoms with van der Waals surface area (Å²) in [6.45, 7) is 4.80. The summed E-state index contributed by atoms with van der Waals surface area (Å²) >= 11 is 0. The number of ether oxygens (including phenoxy) is 1. The molecule has 0 bridgehead atoms. The van der Waals surface area contributed by atoms with Crippen molar-refractivity contribution in [3.05, 3.63) is 53.6 Å². The van der Waals surface area contributed by atoms with E-state index in [1.165, 1.54) is 4.31 Å². The molecule has 0 saturated carbocycles. The van der Waals surface area contributed by atoms with Crippen LogP contribution in [0.15, 0.2) is 47.4 Å². The van der Waals surface area contributed by atoms with Gasteiger partial charge < -0.3 is 4.74 Å². The van der Waals surface area contributed by atoms with E-state index in [0.717, 1.165) is 11.1 Å². The summed E-state index contributed by atoms with van der Waals surface area (Å²) < 4.78 is 33.3. The van der Waals surface area contributed by atoms with Crippen molar-refractivity contribution < 1.29 is 13.2 Å². The second-order valence-corrected chi connectivity index (χ2v) is 7.38. The standard InChI is InChI=1S/C17H19NO3S/c1-13-7-9-15(10-8-13)22(19,20)18-11-4-12-21-16-6-3-5-14(2)17(16)18/h3,5-10H,4,11-12H2,1-2H3. The Morgan fingerprint density at radius 2 is 1.77 bits per heavy atom. The topological polar surface area (TPSA) is 46.6 Å². The van der Waals surface area contributed by atoms with E-state index in [2.05, 4.69) is 0 Å². The molecule has 22 heavy (non-hydrogen) atoms. The quantitative estimate of drug-likeness (QED) is 0.854. The molecule has 1 heterocycles. The van der Waals surface area contributed by atoms with Crippen LogP contribution in [0.3, 0.4) is 0 Å². The first-order valence-electron chi connectivity index (χ1n) is 7.32. The largest absolute Gasteiger partial charge is 0.491 e. The highest BCUT2D eigenvalue weighted by Crippen LogP contribution is 2.37. The fourth-order valence-electron chi connectivity index (χ4n) is 2.65. The van der Waals surface area contributed by atoms with Gasteiger partial charge in [0.1, 0.15) is 5.75 Å². The van der Waals surface area contributed by atoms with Gasteiger partial charge in [-0.05, 0) is 37.6 Å². The van der Waals surface area contributed by atoms with Gasteiger partial charge in [-0.3, -0.25) is 4.31 Å². The Morgan fingerprint density at radius 3 is 2.50 bits per heavy atom. The van der Waals surface area contributed by atoms with E-state index >= 15 is 0 Å². The number of rotatable bonds is 2. The van der Waals surface area contributed by atoms with Crippen molar-refractivity contribution >= 4 is 15.7 Å². The predicted octanol–water partition coefficient (Wildman–Crippen LogP) is 3.28. The molecule has 0 amide bonds. The van der Waals surface area contributed by atoms with Crippen molar-refractivity contribution in [3.63, 3.8) is 0 Å². The van der Waals surface area contributed by atoms with Gasteiger partial charge >= 0.3 is 0 Å². The van der Waals surface area contributed by atoms with Crippen molar-refractivity contribution in [3.8, 4) is 5.75 Å². The number of sulfonamides is 1. The van der Waals surface area contributed by atoms with Crippen LogP contribution in [0.25, 0.3) is 0 Å². The number of benzene rings is 2. The molecule has 1 aliphatic heterocycles. The fourth-order valence-corrected chi connectivity index (χ4v) is 4.23. The summed E-state index contributed by atoms with van der Waals surface area (Å²) in [5.41, 5.74) is 2.59. The van der Waals surface area contributed by atoms with Crippen molar-refractivity contribution in [1.82, 2.24) is 0 Å². The van der Waals surface area contributed by atoms with Crippen molar-refractivity contribution in [2.75, 3.05) is 17.5 Å². The van der Waals surface area contributed by atoms with Crippen LogP contribution >= 0.6 is 0 Å². The lowest BCUT2D eigenvalue weighted by Gasteiger charge is -2.25. The molecule has 0 N–H and O–H groups in total. The minimum absolute atomic E-state index is 0.314. The number of hydrogen-bond donors (Lipinski definition) is 0. The van der Waals surface area contributed by atoms with Crippen LogP contribution in [-0.4, -0.2) is 21.6 Å². The Morgan fingerprint density at radius 1 is 1.05 bits per heavy atom. The zero-order valence-corrected chi connectivity index (χ0v) is 13.6. The fraction of sp³-hybridized carbons (Fsp3) is 0.294. The molecule has 0 spiro atoms. The van der Waals surface area contributed by atoms with E-state index in [-0.39, 0.29) is 0 Å². The highest BCUT2D eigenvalue weighted by atomic mass is 32.2. The predicted molar refractivity (Wildman–Crippen MR) is 87.0 cm³/mol. The van der Waals surface area contributed by atoms with Crippen LogP contribution in [-0.2, 0) is 10.0 Å². The number of para-hydroxylation sites is 1. The number of anilines is 1. The molecule has 0 unspecified atom stereocenters. The van der Waals surface area contributed by atoms with Crippen LogP contribution in [0.4, 0.5) is 5.69 Å². The van der Waals surface area contributed by atoms with Gasteiger partial charge in [-0.2, -0.15) is 0 Å². The van der Waals surface area contributed by atoms with E-state index in [4.69, 9.17) is 4.74 Å². The monoisotopic (exact) mass is 317 g/mol. The van der Waals surface area contributed by atoms with Crippen LogP contribution < -0.4 is 9.04 Å². The number of nitrogens with zero attached hydrogens (tertiary/aromatic N) is 1. The van der Waals surface area contributed by atoms with Gasteiger partial charge in [0.25, 0.3) is 10.0 Å². The Balaban J connectivity index is 2.13. The SMILES string of the molecule is Cc1ccc(S(=O)(=O)N2CCCOc3cccc(C)c32)cc1. The minimum atomic E-state index is -3.58. The van der Waals surface area contributed by atoms with E-state index in [1.54, 1.807) is 12.1 Å². The average Bonchev–Trinajstić information content (AvgIpc) is 2.71. The molecule has 4 nitrogen and oxygen atoms in total. The summed E-state index contributed by atoms with van der Waals surface area (Å²) in [6, 6.07) is 12.6. The molecule has 3 rings (SSSR count). The Bertz CT molecular complexity index is 782. The van der Waals surface area contributed by atoms with Crippen molar-refractivity contribution in [2.45, 2.75) is 25.2 Å². The lowest BCUT2D eigenvalue weighted by Crippen LogP contribution is -2.32. The van der Waals surface area contributed by atoms with Gasteiger partial charge in [0.2, 0.25) is 0 Å². The maximum absolute atomic E-state index is 13.0. The summed E-state index contributed by atoms with van der Waals surface area (Å²) in [5, 5.41) is 0. The molecule has 2 aromatic rings. The second-order valence-electron chi connectivity index (χ2n) is 5.51. The molecule has 2 aromatic carbocycles. The van der Waals surface area contributed by atoms with E-state index in [9.17, 15) is 8.42 Å². The van der Waals surface area contributed by atoms with Crippen LogP contribution in [0.5, 0.6) is 5.75 Å². The molecule has 116 valence electrons. The third-order valence-corrected chi connectivity index (χ3v) is 5.64. The van der Waals surface area contributed by atoms with Gasteiger partial charge in [-0.25, -0.2) is 8.42 Å². The van der Waals surface area contributed by atoms with Crippen molar-refractivity contribution in [2.24, 2.45) is 0 Å². The first-order valence-corrected chi connectivity index (χ1v) is 8.76. The average molecular weight is 317 g/mol. The van der Waals surface area contributed by atoms with Crippen LogP contribution in [0, 0.1) is 13.8 Å². The third kappa shape index (κ3) is 2.57. The highest BCUT2D eigenvalue weighted by Gasteiger charge is 2.29. The number of fused-ring (bicyclic) bond motifs is 1. The van der Waals surface area contributed by atoms with Gasteiger partial charge in [0.15, 0.2) is 0 Å². The molecule has 5 heteroatoms. The van der Waals surface area contributed by atoms with E-state index < -0.39 is 10.0 Å². The summed E-state index contributed by atoms with van der Waals surface area (Å²) in [7, 11) is -3.58. The highest BCUT2D eigenvalue weighted by molar-refractivity contribution is 7.92. The molecule has 0 fully saturated rings. The molecule has 1 aliphatic rings. The minimum Gasteiger partial charge on any atom is -0.491 e. The molecule has 0 radical (unpaired) electrons. The summed E-state index contributed by atoms with van der Waals surface area (Å²) in [5.74, 6) is 0.633.